The van der Waals surface area contributed by atoms with Crippen molar-refractivity contribution in [3.63, 3.8) is 0 Å². The zero-order valence-corrected chi connectivity index (χ0v) is 14.6. The molecule has 2 atom stereocenters. The molecular weight excluding hydrogens is 340 g/mol. The number of hydrogen-bond donors (Lipinski definition) is 2. The quantitative estimate of drug-likeness (QED) is 0.543. The smallest absolute Gasteiger partial charge is 0.293 e. The molecule has 0 aromatic heterocycles. The zero-order chi connectivity index (χ0) is 18.5. The van der Waals surface area contributed by atoms with Crippen molar-refractivity contribution in [1.82, 2.24) is 4.90 Å². The average molecular weight is 364 g/mol. The molecule has 3 N–H and O–H groups in total. The second kappa shape index (κ2) is 8.43. The number of benzene rings is 1. The Kier molecular flexibility index (Phi) is 6.02. The number of nitrogens with two attached hydrogens (primary N) is 1. The lowest BCUT2D eigenvalue weighted by molar-refractivity contribution is -0.384. The summed E-state index contributed by atoms with van der Waals surface area (Å²) in [6.45, 7) is 5.07. The normalized spacial score (nSPS) is 22.1. The largest absolute Gasteiger partial charge is 0.381 e. The first-order chi connectivity index (χ1) is 12.6. The van der Waals surface area contributed by atoms with Gasteiger partial charge in [-0.1, -0.05) is 0 Å². The highest BCUT2D eigenvalue weighted by Gasteiger charge is 2.32. The van der Waals surface area contributed by atoms with E-state index in [1.807, 2.05) is 0 Å². The van der Waals surface area contributed by atoms with Gasteiger partial charge < -0.3 is 20.5 Å². The fraction of sp³-hybridized carbons (Fsp3) is 0.588. The molecule has 2 heterocycles. The Morgan fingerprint density at radius 2 is 2.12 bits per heavy atom. The molecule has 2 saturated heterocycles. The third-order valence-corrected chi connectivity index (χ3v) is 5.00. The van der Waals surface area contributed by atoms with Crippen LogP contribution < -0.4 is 11.1 Å². The van der Waals surface area contributed by atoms with Crippen molar-refractivity contribution >= 4 is 17.3 Å². The predicted octanol–water partition coefficient (Wildman–Crippen LogP) is 0.843. The lowest BCUT2D eigenvalue weighted by Gasteiger charge is -2.37. The molecule has 3 rings (SSSR count). The molecule has 9 heteroatoms. The summed E-state index contributed by atoms with van der Waals surface area (Å²) < 4.78 is 11.0. The summed E-state index contributed by atoms with van der Waals surface area (Å²) >= 11 is 0. The number of nitro benzene ring substituents is 1. The predicted molar refractivity (Wildman–Crippen MR) is 95.2 cm³/mol. The van der Waals surface area contributed by atoms with E-state index in [9.17, 15) is 14.9 Å². The molecule has 0 bridgehead atoms. The number of anilines is 1. The van der Waals surface area contributed by atoms with Crippen LogP contribution in [0.3, 0.4) is 0 Å². The van der Waals surface area contributed by atoms with Gasteiger partial charge in [0.25, 0.3) is 5.69 Å². The van der Waals surface area contributed by atoms with Gasteiger partial charge in [0.05, 0.1) is 24.7 Å². The highest BCUT2D eigenvalue weighted by atomic mass is 16.6. The molecule has 9 nitrogen and oxygen atoms in total. The van der Waals surface area contributed by atoms with Crippen molar-refractivity contribution in [2.45, 2.75) is 12.5 Å². The molecule has 2 aliphatic heterocycles. The van der Waals surface area contributed by atoms with Crippen LogP contribution in [0.5, 0.6) is 0 Å². The fourth-order valence-corrected chi connectivity index (χ4v) is 3.56. The van der Waals surface area contributed by atoms with Crippen LogP contribution in [0.4, 0.5) is 11.4 Å². The summed E-state index contributed by atoms with van der Waals surface area (Å²) in [6, 6.07) is 4.46. The summed E-state index contributed by atoms with van der Waals surface area (Å²) in [5.74, 6) is -0.307. The summed E-state index contributed by atoms with van der Waals surface area (Å²) in [4.78, 5) is 24.5. The molecule has 0 spiro atoms. The standard InChI is InChI=1S/C17H24N4O5/c18-17(22)12-1-2-14(15(9-12)21(23)24)19-10-16(13-3-6-26-11-13)20-4-7-25-8-5-20/h1-2,9,13,16,19H,3-8,10-11H2,(H2,18,22)/t13-,16-/m1/s1. The first-order valence-corrected chi connectivity index (χ1v) is 8.78. The number of amides is 1. The summed E-state index contributed by atoms with van der Waals surface area (Å²) in [5.41, 5.74) is 5.58. The average Bonchev–Trinajstić information content (AvgIpc) is 3.17. The van der Waals surface area contributed by atoms with E-state index in [4.69, 9.17) is 15.2 Å². The molecule has 1 amide bonds. The van der Waals surface area contributed by atoms with Crippen molar-refractivity contribution in [2.75, 3.05) is 51.4 Å². The molecule has 2 fully saturated rings. The number of carbonyl (C=O) groups excluding carboxylic acids is 1. The van der Waals surface area contributed by atoms with E-state index in [0.29, 0.717) is 38.0 Å². The van der Waals surface area contributed by atoms with E-state index in [1.54, 1.807) is 6.07 Å². The van der Waals surface area contributed by atoms with Crippen LogP contribution in [0.25, 0.3) is 0 Å². The SMILES string of the molecule is NC(=O)c1ccc(NC[C@H]([C@@H]2CCOC2)N2CCOCC2)c([N+](=O)[O-])c1. The summed E-state index contributed by atoms with van der Waals surface area (Å²) in [7, 11) is 0. The highest BCUT2D eigenvalue weighted by molar-refractivity contribution is 5.94. The van der Waals surface area contributed by atoms with Crippen molar-refractivity contribution in [1.29, 1.82) is 0 Å². The Balaban J connectivity index is 1.75. The minimum absolute atomic E-state index is 0.121. The summed E-state index contributed by atoms with van der Waals surface area (Å²) in [6.07, 6.45) is 0.979. The van der Waals surface area contributed by atoms with Crippen molar-refractivity contribution in [3.8, 4) is 0 Å². The van der Waals surface area contributed by atoms with Crippen LogP contribution in [0.2, 0.25) is 0 Å². The Labute approximate surface area is 151 Å². The number of carbonyl (C=O) groups is 1. The zero-order valence-electron chi connectivity index (χ0n) is 14.6. The van der Waals surface area contributed by atoms with Gasteiger partial charge in [0.1, 0.15) is 5.69 Å². The summed E-state index contributed by atoms with van der Waals surface area (Å²) in [5, 5.41) is 14.6. The van der Waals surface area contributed by atoms with Crippen molar-refractivity contribution < 1.29 is 19.2 Å². The molecule has 0 radical (unpaired) electrons. The van der Waals surface area contributed by atoms with Gasteiger partial charge in [-0.25, -0.2) is 0 Å². The Morgan fingerprint density at radius 3 is 2.73 bits per heavy atom. The van der Waals surface area contributed by atoms with Crippen LogP contribution in [0, 0.1) is 16.0 Å². The van der Waals surface area contributed by atoms with E-state index in [0.717, 1.165) is 26.1 Å². The van der Waals surface area contributed by atoms with Gasteiger partial charge in [-0.15, -0.1) is 0 Å². The molecule has 1 aromatic rings. The monoisotopic (exact) mass is 364 g/mol. The van der Waals surface area contributed by atoms with Gasteiger partial charge in [0.2, 0.25) is 5.91 Å². The van der Waals surface area contributed by atoms with E-state index in [1.165, 1.54) is 12.1 Å². The van der Waals surface area contributed by atoms with Crippen LogP contribution in [0.1, 0.15) is 16.8 Å². The Hall–Kier alpha value is -2.23. The minimum Gasteiger partial charge on any atom is -0.381 e. The number of nitrogens with zero attached hydrogens (tertiary/aromatic N) is 2. The van der Waals surface area contributed by atoms with Crippen LogP contribution in [-0.4, -0.2) is 67.8 Å². The number of ether oxygens (including phenoxy) is 2. The molecule has 2 aliphatic rings. The number of hydrogen-bond acceptors (Lipinski definition) is 7. The molecule has 0 unspecified atom stereocenters. The fourth-order valence-electron chi connectivity index (χ4n) is 3.56. The minimum atomic E-state index is -0.686. The second-order valence-corrected chi connectivity index (χ2v) is 6.57. The third kappa shape index (κ3) is 4.29. The number of morpholine rings is 1. The number of nitro groups is 1. The van der Waals surface area contributed by atoms with E-state index < -0.39 is 10.8 Å². The van der Waals surface area contributed by atoms with Gasteiger partial charge in [-0.05, 0) is 18.6 Å². The van der Waals surface area contributed by atoms with E-state index >= 15 is 0 Å². The lowest BCUT2D eigenvalue weighted by Crippen LogP contribution is -2.50. The topological polar surface area (TPSA) is 120 Å². The third-order valence-electron chi connectivity index (χ3n) is 5.00. The van der Waals surface area contributed by atoms with Gasteiger partial charge in [-0.3, -0.25) is 19.8 Å². The Morgan fingerprint density at radius 1 is 1.35 bits per heavy atom. The van der Waals surface area contributed by atoms with Crippen LogP contribution in [-0.2, 0) is 9.47 Å². The molecule has 0 saturated carbocycles. The Bertz CT molecular complexity index is 657. The van der Waals surface area contributed by atoms with Gasteiger partial charge in [0.15, 0.2) is 0 Å². The number of rotatable bonds is 7. The maximum atomic E-state index is 11.4. The van der Waals surface area contributed by atoms with Gasteiger partial charge in [0, 0.05) is 49.8 Å². The van der Waals surface area contributed by atoms with Crippen LogP contribution in [0.15, 0.2) is 18.2 Å². The maximum Gasteiger partial charge on any atom is 0.293 e. The number of nitrogens with one attached hydrogen (secondary N) is 1. The first kappa shape index (κ1) is 18.6. The van der Waals surface area contributed by atoms with Crippen LogP contribution >= 0.6 is 0 Å². The second-order valence-electron chi connectivity index (χ2n) is 6.57. The molecule has 1 aromatic carbocycles. The van der Waals surface area contributed by atoms with E-state index in [2.05, 4.69) is 10.2 Å². The molecule has 26 heavy (non-hydrogen) atoms. The first-order valence-electron chi connectivity index (χ1n) is 8.78. The molecular formula is C17H24N4O5. The lowest BCUT2D eigenvalue weighted by atomic mass is 9.96. The number of primary amides is 1. The molecule has 0 aliphatic carbocycles. The maximum absolute atomic E-state index is 11.4. The van der Waals surface area contributed by atoms with E-state index in [-0.39, 0.29) is 17.3 Å². The highest BCUT2D eigenvalue weighted by Crippen LogP contribution is 2.27. The molecule has 142 valence electrons. The van der Waals surface area contributed by atoms with Crippen molar-refractivity contribution in [2.24, 2.45) is 11.7 Å². The van der Waals surface area contributed by atoms with Gasteiger partial charge in [-0.2, -0.15) is 0 Å². The van der Waals surface area contributed by atoms with Crippen molar-refractivity contribution in [3.05, 3.63) is 33.9 Å². The van der Waals surface area contributed by atoms with Gasteiger partial charge >= 0.3 is 0 Å².